The van der Waals surface area contributed by atoms with Crippen molar-refractivity contribution in [3.8, 4) is 0 Å². The fourth-order valence-corrected chi connectivity index (χ4v) is 2.87. The molecule has 1 atom stereocenters. The molecule has 118 valence electrons. The molecular weight excluding hydrogens is 282 g/mol. The van der Waals surface area contributed by atoms with E-state index in [4.69, 9.17) is 10.5 Å². The Hall–Kier alpha value is -1.00. The van der Waals surface area contributed by atoms with Gasteiger partial charge >= 0.3 is 5.97 Å². The minimum atomic E-state index is -0.884. The van der Waals surface area contributed by atoms with Crippen molar-refractivity contribution in [1.29, 1.82) is 0 Å². The van der Waals surface area contributed by atoms with E-state index in [1.165, 1.54) is 17.6 Å². The van der Waals surface area contributed by atoms with E-state index in [0.29, 0.717) is 6.42 Å². The van der Waals surface area contributed by atoms with Crippen molar-refractivity contribution >= 4 is 17.7 Å². The highest BCUT2D eigenvalue weighted by atomic mass is 32.2. The second-order valence-corrected chi connectivity index (χ2v) is 7.80. The molecule has 1 aromatic rings. The molecule has 0 aliphatic rings. The maximum absolute atomic E-state index is 11.5. The molecule has 3 nitrogen and oxygen atoms in total. The monoisotopic (exact) mass is 309 g/mol. The fraction of sp³-hybridized carbons (Fsp3) is 0.588. The lowest BCUT2D eigenvalue weighted by molar-refractivity contribution is -0.146. The summed E-state index contributed by atoms with van der Waals surface area (Å²) in [5.74, 6) is 0.598. The van der Waals surface area contributed by atoms with Crippen molar-refractivity contribution < 1.29 is 9.53 Å². The number of esters is 1. The molecule has 1 rings (SSSR count). The van der Waals surface area contributed by atoms with E-state index in [1.54, 1.807) is 18.7 Å². The fourth-order valence-electron chi connectivity index (χ4n) is 2.02. The number of nitrogens with two attached hydrogens (primary N) is 1. The molecule has 0 heterocycles. The Balaban J connectivity index is 2.42. The summed E-state index contributed by atoms with van der Waals surface area (Å²) in [7, 11) is 1.37. The Morgan fingerprint density at radius 2 is 1.76 bits per heavy atom. The van der Waals surface area contributed by atoms with Crippen LogP contribution in [-0.4, -0.2) is 24.4 Å². The summed E-state index contributed by atoms with van der Waals surface area (Å²) in [6.45, 7) is 8.36. The van der Waals surface area contributed by atoms with Gasteiger partial charge in [-0.05, 0) is 48.6 Å². The molecule has 0 aliphatic heterocycles. The summed E-state index contributed by atoms with van der Waals surface area (Å²) in [5, 5.41) is 0. The molecule has 0 saturated heterocycles. The van der Waals surface area contributed by atoms with Gasteiger partial charge in [0.05, 0.1) is 7.11 Å². The van der Waals surface area contributed by atoms with Crippen LogP contribution in [0, 0.1) is 0 Å². The predicted molar refractivity (Wildman–Crippen MR) is 89.7 cm³/mol. The molecule has 1 unspecified atom stereocenters. The zero-order valence-corrected chi connectivity index (χ0v) is 14.5. The van der Waals surface area contributed by atoms with E-state index in [9.17, 15) is 4.79 Å². The Bertz CT molecular complexity index is 461. The molecule has 0 spiro atoms. The molecule has 1 aromatic carbocycles. The van der Waals surface area contributed by atoms with E-state index in [1.807, 2.05) is 0 Å². The van der Waals surface area contributed by atoms with Gasteiger partial charge in [0.1, 0.15) is 5.54 Å². The minimum absolute atomic E-state index is 0.186. The highest BCUT2D eigenvalue weighted by molar-refractivity contribution is 7.99. The average molecular weight is 309 g/mol. The van der Waals surface area contributed by atoms with Gasteiger partial charge in [-0.15, -0.1) is 11.8 Å². The minimum Gasteiger partial charge on any atom is -0.468 e. The first-order chi connectivity index (χ1) is 9.66. The van der Waals surface area contributed by atoms with E-state index in [0.717, 1.165) is 12.2 Å². The van der Waals surface area contributed by atoms with Gasteiger partial charge in [-0.3, -0.25) is 4.79 Å². The lowest BCUT2D eigenvalue weighted by atomic mass is 9.87. The van der Waals surface area contributed by atoms with Crippen molar-refractivity contribution in [2.45, 2.75) is 56.4 Å². The molecule has 0 saturated carbocycles. The second-order valence-electron chi connectivity index (χ2n) is 6.64. The first kappa shape index (κ1) is 18.1. The third kappa shape index (κ3) is 5.71. The van der Waals surface area contributed by atoms with Crippen LogP contribution < -0.4 is 5.73 Å². The quantitative estimate of drug-likeness (QED) is 0.494. The highest BCUT2D eigenvalue weighted by Gasteiger charge is 2.28. The lowest BCUT2D eigenvalue weighted by Crippen LogP contribution is -2.45. The summed E-state index contributed by atoms with van der Waals surface area (Å²) in [6, 6.07) is 8.69. The first-order valence-corrected chi connectivity index (χ1v) is 8.26. The number of hydrogen-bond acceptors (Lipinski definition) is 4. The van der Waals surface area contributed by atoms with Gasteiger partial charge in [0, 0.05) is 4.90 Å². The largest absolute Gasteiger partial charge is 0.468 e. The van der Waals surface area contributed by atoms with Gasteiger partial charge in [-0.1, -0.05) is 32.9 Å². The molecule has 0 aromatic heterocycles. The normalized spacial score (nSPS) is 14.6. The molecule has 0 aliphatic carbocycles. The number of rotatable bonds is 6. The third-order valence-electron chi connectivity index (χ3n) is 3.48. The van der Waals surface area contributed by atoms with Crippen LogP contribution in [0.4, 0.5) is 0 Å². The van der Waals surface area contributed by atoms with Crippen LogP contribution in [0.3, 0.4) is 0 Å². The second kappa shape index (κ2) is 7.32. The SMILES string of the molecule is COC(=O)C(C)(N)CCCSc1ccc(C(C)(C)C)cc1. The van der Waals surface area contributed by atoms with Crippen molar-refractivity contribution in [3.05, 3.63) is 29.8 Å². The molecule has 21 heavy (non-hydrogen) atoms. The molecule has 0 fully saturated rings. The summed E-state index contributed by atoms with van der Waals surface area (Å²) >= 11 is 1.79. The van der Waals surface area contributed by atoms with Crippen LogP contribution in [0.25, 0.3) is 0 Å². The van der Waals surface area contributed by atoms with Gasteiger partial charge in [-0.25, -0.2) is 0 Å². The first-order valence-electron chi connectivity index (χ1n) is 7.27. The maximum Gasteiger partial charge on any atom is 0.325 e. The van der Waals surface area contributed by atoms with E-state index in [2.05, 4.69) is 45.0 Å². The third-order valence-corrected chi connectivity index (χ3v) is 4.58. The summed E-state index contributed by atoms with van der Waals surface area (Å²) in [5.41, 5.74) is 6.58. The Kier molecular flexibility index (Phi) is 6.29. The molecular formula is C17H27NO2S. The predicted octanol–water partition coefficient (Wildman–Crippen LogP) is 3.75. The van der Waals surface area contributed by atoms with Gasteiger partial charge in [0.15, 0.2) is 0 Å². The van der Waals surface area contributed by atoms with Crippen LogP contribution in [0.15, 0.2) is 29.2 Å². The van der Waals surface area contributed by atoms with Crippen molar-refractivity contribution in [2.75, 3.05) is 12.9 Å². The zero-order chi connectivity index (χ0) is 16.1. The molecule has 0 bridgehead atoms. The van der Waals surface area contributed by atoms with Crippen molar-refractivity contribution in [1.82, 2.24) is 0 Å². The van der Waals surface area contributed by atoms with Gasteiger partial charge in [-0.2, -0.15) is 0 Å². The van der Waals surface area contributed by atoms with Gasteiger partial charge in [0.25, 0.3) is 0 Å². The maximum atomic E-state index is 11.5. The summed E-state index contributed by atoms with van der Waals surface area (Å²) in [4.78, 5) is 12.7. The van der Waals surface area contributed by atoms with Crippen LogP contribution in [-0.2, 0) is 14.9 Å². The summed E-state index contributed by atoms with van der Waals surface area (Å²) < 4.78 is 4.70. The zero-order valence-electron chi connectivity index (χ0n) is 13.7. The van der Waals surface area contributed by atoms with E-state index in [-0.39, 0.29) is 11.4 Å². The molecule has 0 radical (unpaired) electrons. The Labute approximate surface area is 132 Å². The van der Waals surface area contributed by atoms with Crippen LogP contribution in [0.5, 0.6) is 0 Å². The van der Waals surface area contributed by atoms with E-state index < -0.39 is 5.54 Å². The Morgan fingerprint density at radius 1 is 1.19 bits per heavy atom. The van der Waals surface area contributed by atoms with Crippen molar-refractivity contribution in [3.63, 3.8) is 0 Å². The number of carbonyl (C=O) groups excluding carboxylic acids is 1. The number of methoxy groups -OCH3 is 1. The topological polar surface area (TPSA) is 52.3 Å². The summed E-state index contributed by atoms with van der Waals surface area (Å²) in [6.07, 6.45) is 1.51. The number of ether oxygens (including phenoxy) is 1. The van der Waals surface area contributed by atoms with Gasteiger partial charge in [0.2, 0.25) is 0 Å². The standard InChI is InChI=1S/C17H27NO2S/c1-16(2,3)13-7-9-14(10-8-13)21-12-6-11-17(4,18)15(19)20-5/h7-10H,6,11-12,18H2,1-5H3. The van der Waals surface area contributed by atoms with Crippen LogP contribution in [0.1, 0.15) is 46.1 Å². The van der Waals surface area contributed by atoms with Crippen LogP contribution >= 0.6 is 11.8 Å². The number of thioether (sulfide) groups is 1. The lowest BCUT2D eigenvalue weighted by Gasteiger charge is -2.21. The van der Waals surface area contributed by atoms with Crippen LogP contribution in [0.2, 0.25) is 0 Å². The smallest absolute Gasteiger partial charge is 0.325 e. The Morgan fingerprint density at radius 3 is 2.24 bits per heavy atom. The number of hydrogen-bond donors (Lipinski definition) is 1. The highest BCUT2D eigenvalue weighted by Crippen LogP contribution is 2.26. The molecule has 0 amide bonds. The molecule has 4 heteroatoms. The van der Waals surface area contributed by atoms with Gasteiger partial charge < -0.3 is 10.5 Å². The van der Waals surface area contributed by atoms with E-state index >= 15 is 0 Å². The number of benzene rings is 1. The van der Waals surface area contributed by atoms with Crippen molar-refractivity contribution in [2.24, 2.45) is 5.73 Å². The number of carbonyl (C=O) groups is 1. The average Bonchev–Trinajstić information content (AvgIpc) is 2.42. The molecule has 2 N–H and O–H groups in total.